The number of benzene rings is 2. The van der Waals surface area contributed by atoms with Crippen molar-refractivity contribution in [2.75, 3.05) is 14.1 Å². The van der Waals surface area contributed by atoms with Gasteiger partial charge >= 0.3 is 0 Å². The first-order chi connectivity index (χ1) is 18.5. The van der Waals surface area contributed by atoms with Crippen LogP contribution in [0.25, 0.3) is 0 Å². The van der Waals surface area contributed by atoms with Crippen molar-refractivity contribution in [1.82, 2.24) is 4.90 Å². The molecule has 0 unspecified atom stereocenters. The van der Waals surface area contributed by atoms with Crippen LogP contribution in [0.5, 0.6) is 5.75 Å². The Balaban J connectivity index is 1.63. The van der Waals surface area contributed by atoms with Crippen molar-refractivity contribution in [3.05, 3.63) is 87.4 Å². The average Bonchev–Trinajstić information content (AvgIpc) is 2.87. The molecule has 0 bridgehead atoms. The van der Waals surface area contributed by atoms with Crippen LogP contribution in [-0.4, -0.2) is 68.5 Å². The maximum Gasteiger partial charge on any atom is 0.255 e. The van der Waals surface area contributed by atoms with Crippen LogP contribution in [0.4, 0.5) is 0 Å². The van der Waals surface area contributed by atoms with E-state index in [2.05, 4.69) is 11.8 Å². The lowest BCUT2D eigenvalue weighted by Crippen LogP contribution is -2.63. The molecule has 200 valence electrons. The van der Waals surface area contributed by atoms with Gasteiger partial charge in [-0.1, -0.05) is 42.2 Å². The summed E-state index contributed by atoms with van der Waals surface area (Å²) >= 11 is 0. The van der Waals surface area contributed by atoms with Crippen LogP contribution in [0.2, 0.25) is 0 Å². The Morgan fingerprint density at radius 1 is 1.10 bits per heavy atom. The number of fused-ring (bicyclic) bond motifs is 3. The highest BCUT2D eigenvalue weighted by atomic mass is 16.3. The van der Waals surface area contributed by atoms with Crippen LogP contribution >= 0.6 is 0 Å². The van der Waals surface area contributed by atoms with E-state index in [0.717, 1.165) is 5.56 Å². The molecule has 0 spiro atoms. The van der Waals surface area contributed by atoms with E-state index in [9.17, 15) is 34.8 Å². The number of nitrogens with two attached hydrogens (primary N) is 1. The number of Topliss-reactive ketones (excluding diaryl/α,β-unsaturated/α-hetero) is 2. The SMILES string of the molecule is CN(C)[C@H]1C(O)=C(C(N)=O)C(=O)[C@]2(O)C(O)=C3C(=O)c4c(O)ccc(C#CCc5ccccc5)c4C[C@H]3C[C@@H]12. The highest BCUT2D eigenvalue weighted by Crippen LogP contribution is 2.52. The van der Waals surface area contributed by atoms with Gasteiger partial charge in [-0.25, -0.2) is 0 Å². The Labute approximate surface area is 224 Å². The van der Waals surface area contributed by atoms with Gasteiger partial charge in [0, 0.05) is 23.5 Å². The first-order valence-electron chi connectivity index (χ1n) is 12.5. The van der Waals surface area contributed by atoms with Crippen LogP contribution in [-0.2, 0) is 22.4 Å². The summed E-state index contributed by atoms with van der Waals surface area (Å²) in [6.45, 7) is 0. The number of phenolic OH excluding ortho intramolecular Hbond substituents is 1. The van der Waals surface area contributed by atoms with E-state index in [1.54, 1.807) is 20.2 Å². The third-order valence-electron chi connectivity index (χ3n) is 7.96. The summed E-state index contributed by atoms with van der Waals surface area (Å²) in [7, 11) is 3.18. The van der Waals surface area contributed by atoms with Crippen molar-refractivity contribution >= 4 is 17.5 Å². The number of hydrogen-bond acceptors (Lipinski definition) is 8. The van der Waals surface area contributed by atoms with E-state index >= 15 is 0 Å². The van der Waals surface area contributed by atoms with Crippen LogP contribution in [0.15, 0.2) is 65.1 Å². The molecule has 0 aromatic heterocycles. The van der Waals surface area contributed by atoms with Crippen LogP contribution in [0, 0.1) is 23.7 Å². The van der Waals surface area contributed by atoms with Gasteiger partial charge in [-0.2, -0.15) is 0 Å². The Bertz CT molecular complexity index is 1540. The van der Waals surface area contributed by atoms with Gasteiger partial charge in [0.25, 0.3) is 5.91 Å². The van der Waals surface area contributed by atoms with E-state index in [1.165, 1.54) is 11.0 Å². The highest BCUT2D eigenvalue weighted by Gasteiger charge is 2.63. The van der Waals surface area contributed by atoms with Crippen molar-refractivity contribution in [1.29, 1.82) is 0 Å². The van der Waals surface area contributed by atoms with E-state index in [0.29, 0.717) is 17.5 Å². The largest absolute Gasteiger partial charge is 0.510 e. The van der Waals surface area contributed by atoms with Crippen molar-refractivity contribution in [3.63, 3.8) is 0 Å². The predicted molar refractivity (Wildman–Crippen MR) is 141 cm³/mol. The third kappa shape index (κ3) is 3.92. The van der Waals surface area contributed by atoms with Gasteiger partial charge in [0.2, 0.25) is 5.78 Å². The van der Waals surface area contributed by atoms with E-state index < -0.39 is 58.0 Å². The number of phenols is 1. The lowest BCUT2D eigenvalue weighted by molar-refractivity contribution is -0.148. The van der Waals surface area contributed by atoms with Crippen molar-refractivity contribution in [2.45, 2.75) is 30.9 Å². The Kier molecular flexibility index (Phi) is 6.33. The highest BCUT2D eigenvalue weighted by molar-refractivity contribution is 6.24. The number of carbonyl (C=O) groups is 3. The van der Waals surface area contributed by atoms with Gasteiger partial charge < -0.3 is 26.2 Å². The maximum atomic E-state index is 13.7. The van der Waals surface area contributed by atoms with Gasteiger partial charge in [0.15, 0.2) is 11.4 Å². The molecule has 0 aliphatic heterocycles. The molecule has 2 aromatic rings. The fraction of sp³-hybridized carbons (Fsp3) is 0.300. The van der Waals surface area contributed by atoms with Crippen LogP contribution in [0.1, 0.15) is 33.5 Å². The Hall–Kier alpha value is -4.39. The number of aromatic hydroxyl groups is 1. The second-order valence-electron chi connectivity index (χ2n) is 10.4. The van der Waals surface area contributed by atoms with Gasteiger partial charge in [0.1, 0.15) is 22.8 Å². The normalized spacial score (nSPS) is 26.0. The zero-order valence-electron chi connectivity index (χ0n) is 21.4. The molecule has 39 heavy (non-hydrogen) atoms. The molecule has 4 atom stereocenters. The number of primary amides is 1. The van der Waals surface area contributed by atoms with Crippen LogP contribution < -0.4 is 5.73 Å². The van der Waals surface area contributed by atoms with Crippen molar-refractivity contribution in [3.8, 4) is 17.6 Å². The smallest absolute Gasteiger partial charge is 0.255 e. The minimum atomic E-state index is -2.66. The number of allylic oxidation sites excluding steroid dienone is 1. The Morgan fingerprint density at radius 3 is 2.44 bits per heavy atom. The third-order valence-corrected chi connectivity index (χ3v) is 7.96. The first kappa shape index (κ1) is 26.2. The summed E-state index contributed by atoms with van der Waals surface area (Å²) in [6, 6.07) is 11.6. The van der Waals surface area contributed by atoms with Crippen molar-refractivity contribution in [2.24, 2.45) is 17.6 Å². The molecule has 0 fully saturated rings. The molecule has 2 aromatic carbocycles. The molecule has 9 nitrogen and oxygen atoms in total. The second kappa shape index (κ2) is 9.42. The van der Waals surface area contributed by atoms with Gasteiger partial charge in [-0.3, -0.25) is 19.3 Å². The molecule has 0 heterocycles. The summed E-state index contributed by atoms with van der Waals surface area (Å²) < 4.78 is 0. The summed E-state index contributed by atoms with van der Waals surface area (Å²) in [5.74, 6) is -0.571. The molecular weight excluding hydrogens is 500 g/mol. The first-order valence-corrected chi connectivity index (χ1v) is 12.5. The number of aliphatic hydroxyl groups excluding tert-OH is 2. The average molecular weight is 529 g/mol. The van der Waals surface area contributed by atoms with Crippen molar-refractivity contribution < 1.29 is 34.8 Å². The minimum absolute atomic E-state index is 0.0261. The number of amides is 1. The lowest BCUT2D eigenvalue weighted by atomic mass is 9.58. The van der Waals surface area contributed by atoms with E-state index in [1.807, 2.05) is 30.3 Å². The van der Waals surface area contributed by atoms with E-state index in [-0.39, 0.29) is 29.7 Å². The van der Waals surface area contributed by atoms with Gasteiger partial charge in [-0.15, -0.1) is 0 Å². The summed E-state index contributed by atoms with van der Waals surface area (Å²) in [4.78, 5) is 40.7. The zero-order valence-corrected chi connectivity index (χ0v) is 21.4. The van der Waals surface area contributed by atoms with Gasteiger partial charge in [0.05, 0.1) is 11.6 Å². The maximum absolute atomic E-state index is 13.7. The standard InChI is InChI=1S/C30H28N2O7/c1-32(2)24-19-14-17-13-18-16(10-6-9-15-7-4-3-5-8-15)11-12-20(33)22(18)25(34)21(17)27(36)30(19,39)28(37)23(26(24)35)29(31)38/h3-5,7-8,11-12,17,19,24,33,35-36,39H,9,13-14H2,1-2H3,(H2,31,38)/t17-,19-,24+,30+/m0/s1. The molecule has 0 radical (unpaired) electrons. The summed E-state index contributed by atoms with van der Waals surface area (Å²) in [6.07, 6.45) is 0.700. The molecule has 5 rings (SSSR count). The Morgan fingerprint density at radius 2 is 1.79 bits per heavy atom. The molecule has 0 saturated heterocycles. The number of aliphatic hydroxyl groups is 3. The second-order valence-corrected chi connectivity index (χ2v) is 10.4. The fourth-order valence-corrected chi connectivity index (χ4v) is 6.21. The monoisotopic (exact) mass is 528 g/mol. The number of nitrogens with zero attached hydrogens (tertiary/aromatic N) is 1. The molecule has 9 heteroatoms. The molecule has 3 aliphatic carbocycles. The number of likely N-dealkylation sites (N-methyl/N-ethyl adjacent to an activating group) is 1. The molecule has 1 amide bonds. The van der Waals surface area contributed by atoms with E-state index in [4.69, 9.17) is 5.73 Å². The summed E-state index contributed by atoms with van der Waals surface area (Å²) in [5.41, 5.74) is 3.70. The number of hydrogen-bond donors (Lipinski definition) is 5. The predicted octanol–water partition coefficient (Wildman–Crippen LogP) is 1.71. The molecule has 3 aliphatic rings. The van der Waals surface area contributed by atoms with Crippen LogP contribution in [0.3, 0.4) is 0 Å². The number of rotatable bonds is 3. The fourth-order valence-electron chi connectivity index (χ4n) is 6.21. The van der Waals surface area contributed by atoms with Gasteiger partial charge in [-0.05, 0) is 56.1 Å². The topological polar surface area (TPSA) is 161 Å². The number of ketones is 2. The zero-order chi connectivity index (χ0) is 28.2. The molecular formula is C30H28N2O7. The molecule has 6 N–H and O–H groups in total. The summed E-state index contributed by atoms with van der Waals surface area (Å²) in [5, 5.41) is 44.5. The minimum Gasteiger partial charge on any atom is -0.510 e. The molecule has 0 saturated carbocycles. The lowest BCUT2D eigenvalue weighted by Gasteiger charge is -2.50. The quantitative estimate of drug-likeness (QED) is 0.297. The number of carbonyl (C=O) groups excluding carboxylic acids is 3.